The molecule has 1 saturated heterocycles. The van der Waals surface area contributed by atoms with Crippen molar-refractivity contribution in [1.29, 1.82) is 0 Å². The van der Waals surface area contributed by atoms with Crippen molar-refractivity contribution >= 4 is 5.91 Å². The van der Waals surface area contributed by atoms with E-state index in [2.05, 4.69) is 4.98 Å². The fourth-order valence-electron chi connectivity index (χ4n) is 2.53. The molecule has 1 aromatic heterocycles. The van der Waals surface area contributed by atoms with E-state index in [0.717, 1.165) is 17.9 Å². The van der Waals surface area contributed by atoms with E-state index in [4.69, 9.17) is 9.47 Å². The molecule has 5 heteroatoms. The van der Waals surface area contributed by atoms with Gasteiger partial charge in [0.2, 0.25) is 0 Å². The summed E-state index contributed by atoms with van der Waals surface area (Å²) in [6.07, 6.45) is 4.11. The van der Waals surface area contributed by atoms with Crippen LogP contribution in [-0.2, 0) is 0 Å². The average Bonchev–Trinajstić information content (AvgIpc) is 3.04. The van der Waals surface area contributed by atoms with Crippen LogP contribution in [0.1, 0.15) is 16.8 Å². The Hall–Kier alpha value is -2.56. The second kappa shape index (κ2) is 6.47. The van der Waals surface area contributed by atoms with Gasteiger partial charge >= 0.3 is 0 Å². The van der Waals surface area contributed by atoms with Crippen molar-refractivity contribution in [2.75, 3.05) is 20.2 Å². The molecule has 2 aromatic rings. The summed E-state index contributed by atoms with van der Waals surface area (Å²) in [5.41, 5.74) is 0.618. The SMILES string of the molecule is COc1ccc(O[C@@H]2CCN(C(=O)c3cccnc3)C2)cc1. The molecule has 114 valence electrons. The van der Waals surface area contributed by atoms with E-state index in [9.17, 15) is 4.79 Å². The van der Waals surface area contributed by atoms with Crippen LogP contribution in [0.3, 0.4) is 0 Å². The summed E-state index contributed by atoms with van der Waals surface area (Å²) in [7, 11) is 1.63. The van der Waals surface area contributed by atoms with Gasteiger partial charge in [0.25, 0.3) is 5.91 Å². The highest BCUT2D eigenvalue weighted by molar-refractivity contribution is 5.94. The molecule has 2 heterocycles. The lowest BCUT2D eigenvalue weighted by molar-refractivity contribution is 0.0772. The molecule has 0 bridgehead atoms. The van der Waals surface area contributed by atoms with Crippen molar-refractivity contribution in [1.82, 2.24) is 9.88 Å². The number of nitrogens with zero attached hydrogens (tertiary/aromatic N) is 2. The number of benzene rings is 1. The van der Waals surface area contributed by atoms with Gasteiger partial charge in [-0.05, 0) is 36.4 Å². The molecule has 5 nitrogen and oxygen atoms in total. The predicted octanol–water partition coefficient (Wildman–Crippen LogP) is 2.38. The first-order valence-corrected chi connectivity index (χ1v) is 7.26. The summed E-state index contributed by atoms with van der Waals surface area (Å²) < 4.78 is 11.0. The number of aromatic nitrogens is 1. The number of carbonyl (C=O) groups is 1. The molecule has 1 aliphatic rings. The third kappa shape index (κ3) is 3.19. The molecule has 1 aromatic carbocycles. The standard InChI is InChI=1S/C17H18N2O3/c1-21-14-4-6-15(7-5-14)22-16-8-10-19(12-16)17(20)13-3-2-9-18-11-13/h2-7,9,11,16H,8,10,12H2,1H3/t16-/m1/s1. The van der Waals surface area contributed by atoms with Crippen LogP contribution in [0.25, 0.3) is 0 Å². The van der Waals surface area contributed by atoms with Gasteiger partial charge in [-0.15, -0.1) is 0 Å². The average molecular weight is 298 g/mol. The lowest BCUT2D eigenvalue weighted by Gasteiger charge is -2.17. The van der Waals surface area contributed by atoms with Crippen molar-refractivity contribution < 1.29 is 14.3 Å². The van der Waals surface area contributed by atoms with Gasteiger partial charge < -0.3 is 14.4 Å². The number of rotatable bonds is 4. The van der Waals surface area contributed by atoms with E-state index < -0.39 is 0 Å². The zero-order valence-corrected chi connectivity index (χ0v) is 12.4. The second-order valence-corrected chi connectivity index (χ2v) is 5.20. The maximum Gasteiger partial charge on any atom is 0.255 e. The molecule has 0 unspecified atom stereocenters. The fourth-order valence-corrected chi connectivity index (χ4v) is 2.53. The van der Waals surface area contributed by atoms with Crippen molar-refractivity contribution in [3.63, 3.8) is 0 Å². The number of amides is 1. The maximum atomic E-state index is 12.3. The van der Waals surface area contributed by atoms with Crippen molar-refractivity contribution in [2.24, 2.45) is 0 Å². The Labute approximate surface area is 129 Å². The summed E-state index contributed by atoms with van der Waals surface area (Å²) in [6.45, 7) is 1.30. The first-order valence-electron chi connectivity index (χ1n) is 7.26. The number of likely N-dealkylation sites (tertiary alicyclic amines) is 1. The minimum atomic E-state index is 0.00827. The lowest BCUT2D eigenvalue weighted by Crippen LogP contribution is -2.30. The predicted molar refractivity (Wildman–Crippen MR) is 82.2 cm³/mol. The Balaban J connectivity index is 1.59. The van der Waals surface area contributed by atoms with Gasteiger partial charge in [0.15, 0.2) is 0 Å². The minimum Gasteiger partial charge on any atom is -0.497 e. The van der Waals surface area contributed by atoms with Gasteiger partial charge in [-0.25, -0.2) is 0 Å². The molecule has 0 radical (unpaired) electrons. The van der Waals surface area contributed by atoms with Crippen molar-refractivity contribution in [3.8, 4) is 11.5 Å². The summed E-state index contributed by atoms with van der Waals surface area (Å²) in [6, 6.07) is 11.0. The number of carbonyl (C=O) groups excluding carboxylic acids is 1. The van der Waals surface area contributed by atoms with Crippen LogP contribution in [-0.4, -0.2) is 42.1 Å². The highest BCUT2D eigenvalue weighted by Gasteiger charge is 2.28. The normalized spacial score (nSPS) is 17.3. The number of hydrogen-bond donors (Lipinski definition) is 0. The van der Waals surface area contributed by atoms with Crippen LogP contribution in [0.15, 0.2) is 48.8 Å². The zero-order chi connectivity index (χ0) is 15.4. The molecular weight excluding hydrogens is 280 g/mol. The van der Waals surface area contributed by atoms with Gasteiger partial charge in [-0.3, -0.25) is 9.78 Å². The van der Waals surface area contributed by atoms with E-state index in [1.807, 2.05) is 29.2 Å². The van der Waals surface area contributed by atoms with Crippen LogP contribution in [0.2, 0.25) is 0 Å². The Kier molecular flexibility index (Phi) is 4.23. The maximum absolute atomic E-state index is 12.3. The molecule has 0 spiro atoms. The Bertz CT molecular complexity index is 628. The molecule has 3 rings (SSSR count). The molecule has 0 saturated carbocycles. The highest BCUT2D eigenvalue weighted by atomic mass is 16.5. The van der Waals surface area contributed by atoms with Gasteiger partial charge in [0.05, 0.1) is 19.2 Å². The highest BCUT2D eigenvalue weighted by Crippen LogP contribution is 2.22. The Morgan fingerprint density at radius 2 is 2.00 bits per heavy atom. The molecule has 1 atom stereocenters. The summed E-state index contributed by atoms with van der Waals surface area (Å²) in [4.78, 5) is 18.1. The largest absolute Gasteiger partial charge is 0.497 e. The van der Waals surface area contributed by atoms with Crippen LogP contribution < -0.4 is 9.47 Å². The van der Waals surface area contributed by atoms with Gasteiger partial charge in [0, 0.05) is 25.4 Å². The van der Waals surface area contributed by atoms with Crippen molar-refractivity contribution in [3.05, 3.63) is 54.4 Å². The monoisotopic (exact) mass is 298 g/mol. The molecule has 22 heavy (non-hydrogen) atoms. The zero-order valence-electron chi connectivity index (χ0n) is 12.4. The Morgan fingerprint density at radius 3 is 2.68 bits per heavy atom. The molecule has 1 amide bonds. The number of ether oxygens (including phenoxy) is 2. The smallest absolute Gasteiger partial charge is 0.255 e. The van der Waals surface area contributed by atoms with Gasteiger partial charge in [-0.1, -0.05) is 0 Å². The van der Waals surface area contributed by atoms with E-state index in [0.29, 0.717) is 18.7 Å². The minimum absolute atomic E-state index is 0.00827. The summed E-state index contributed by atoms with van der Waals surface area (Å²) in [5, 5.41) is 0. The van der Waals surface area contributed by atoms with Crippen LogP contribution >= 0.6 is 0 Å². The fraction of sp³-hybridized carbons (Fsp3) is 0.294. The first kappa shape index (κ1) is 14.4. The van der Waals surface area contributed by atoms with E-state index in [-0.39, 0.29) is 12.0 Å². The number of methoxy groups -OCH3 is 1. The van der Waals surface area contributed by atoms with Gasteiger partial charge in [0.1, 0.15) is 17.6 Å². The third-order valence-electron chi connectivity index (χ3n) is 3.70. The molecule has 1 fully saturated rings. The second-order valence-electron chi connectivity index (χ2n) is 5.20. The molecule has 0 N–H and O–H groups in total. The van der Waals surface area contributed by atoms with Crippen LogP contribution in [0.5, 0.6) is 11.5 Å². The summed E-state index contributed by atoms with van der Waals surface area (Å²) in [5.74, 6) is 1.60. The lowest BCUT2D eigenvalue weighted by atomic mass is 10.2. The van der Waals surface area contributed by atoms with Crippen LogP contribution in [0, 0.1) is 0 Å². The van der Waals surface area contributed by atoms with E-state index in [1.165, 1.54) is 0 Å². The van der Waals surface area contributed by atoms with E-state index >= 15 is 0 Å². The van der Waals surface area contributed by atoms with Crippen LogP contribution in [0.4, 0.5) is 0 Å². The number of hydrogen-bond acceptors (Lipinski definition) is 4. The van der Waals surface area contributed by atoms with E-state index in [1.54, 1.807) is 31.6 Å². The quantitative estimate of drug-likeness (QED) is 0.869. The Morgan fingerprint density at radius 1 is 1.23 bits per heavy atom. The van der Waals surface area contributed by atoms with Crippen molar-refractivity contribution in [2.45, 2.75) is 12.5 Å². The van der Waals surface area contributed by atoms with Gasteiger partial charge in [-0.2, -0.15) is 0 Å². The first-order chi connectivity index (χ1) is 10.8. The number of pyridine rings is 1. The molecule has 0 aliphatic carbocycles. The topological polar surface area (TPSA) is 51.7 Å². The molecular formula is C17H18N2O3. The molecule has 1 aliphatic heterocycles. The third-order valence-corrected chi connectivity index (χ3v) is 3.70. The summed E-state index contributed by atoms with van der Waals surface area (Å²) >= 11 is 0.